The van der Waals surface area contributed by atoms with E-state index in [0.29, 0.717) is 0 Å². The fourth-order valence-corrected chi connectivity index (χ4v) is 4.34. The summed E-state index contributed by atoms with van der Waals surface area (Å²) in [5.74, 6) is 0. The van der Waals surface area contributed by atoms with Gasteiger partial charge in [0.05, 0.1) is 0 Å². The van der Waals surface area contributed by atoms with Gasteiger partial charge in [0.1, 0.15) is 0 Å². The van der Waals surface area contributed by atoms with E-state index in [-0.39, 0.29) is 20.1 Å². The second-order valence-corrected chi connectivity index (χ2v) is 7.56. The number of hydrogen-bond acceptors (Lipinski definition) is 1. The van der Waals surface area contributed by atoms with Gasteiger partial charge in [0.15, 0.2) is 0 Å². The molecule has 6 aromatic rings. The Balaban J connectivity index is 0.00000204. The number of benzene rings is 5. The maximum Gasteiger partial charge on any atom is 0.0245 e. The van der Waals surface area contributed by atoms with Gasteiger partial charge in [-0.1, -0.05) is 96.1 Å². The molecule has 0 fully saturated rings. The van der Waals surface area contributed by atoms with E-state index in [4.69, 9.17) is 4.98 Å². The van der Waals surface area contributed by atoms with Crippen LogP contribution in [0.25, 0.3) is 54.7 Å². The minimum Gasteiger partial charge on any atom is -0.304 e. The molecule has 0 N–H and O–H groups in total. The van der Waals surface area contributed by atoms with Crippen LogP contribution in [-0.4, -0.2) is 4.98 Å². The van der Waals surface area contributed by atoms with Gasteiger partial charge in [0.2, 0.25) is 0 Å². The van der Waals surface area contributed by atoms with Crippen LogP contribution in [0.3, 0.4) is 0 Å². The van der Waals surface area contributed by atoms with Crippen LogP contribution in [-0.2, 0) is 20.1 Å². The van der Waals surface area contributed by atoms with Crippen LogP contribution in [0.15, 0.2) is 109 Å². The molecular formula is C29H18IrN-. The van der Waals surface area contributed by atoms with Crippen molar-refractivity contribution in [3.63, 3.8) is 0 Å². The van der Waals surface area contributed by atoms with Gasteiger partial charge in [-0.2, -0.15) is 0 Å². The number of fused-ring (bicyclic) bond motifs is 6. The predicted molar refractivity (Wildman–Crippen MR) is 126 cm³/mol. The van der Waals surface area contributed by atoms with Gasteiger partial charge in [0, 0.05) is 31.7 Å². The summed E-state index contributed by atoms with van der Waals surface area (Å²) in [5, 5.41) is 7.48. The Labute approximate surface area is 194 Å². The van der Waals surface area contributed by atoms with Gasteiger partial charge in [-0.25, -0.2) is 0 Å². The fraction of sp³-hybridized carbons (Fsp3) is 0. The first kappa shape index (κ1) is 19.6. The van der Waals surface area contributed by atoms with Crippen molar-refractivity contribution in [3.8, 4) is 22.4 Å². The van der Waals surface area contributed by atoms with Gasteiger partial charge in [-0.05, 0) is 32.6 Å². The molecule has 1 heterocycles. The van der Waals surface area contributed by atoms with Crippen LogP contribution in [0.1, 0.15) is 0 Å². The van der Waals surface area contributed by atoms with Gasteiger partial charge in [0.25, 0.3) is 0 Å². The third-order valence-electron chi connectivity index (χ3n) is 5.82. The molecule has 0 unspecified atom stereocenters. The Hall–Kier alpha value is -3.32. The summed E-state index contributed by atoms with van der Waals surface area (Å²) in [6, 6.07) is 39.6. The average Bonchev–Trinajstić information content (AvgIpc) is 2.84. The molecule has 0 spiro atoms. The molecule has 2 heteroatoms. The smallest absolute Gasteiger partial charge is 0.0245 e. The van der Waals surface area contributed by atoms with E-state index < -0.39 is 0 Å². The van der Waals surface area contributed by atoms with Crippen LogP contribution in [0.2, 0.25) is 0 Å². The molecule has 5 aromatic carbocycles. The van der Waals surface area contributed by atoms with Crippen LogP contribution in [0.4, 0.5) is 0 Å². The third-order valence-corrected chi connectivity index (χ3v) is 5.82. The Morgan fingerprint density at radius 2 is 1.10 bits per heavy atom. The van der Waals surface area contributed by atoms with E-state index in [1.807, 2.05) is 12.3 Å². The molecule has 0 aliphatic carbocycles. The van der Waals surface area contributed by atoms with Crippen LogP contribution < -0.4 is 0 Å². The van der Waals surface area contributed by atoms with E-state index in [1.54, 1.807) is 0 Å². The van der Waals surface area contributed by atoms with E-state index in [1.165, 1.54) is 37.9 Å². The van der Waals surface area contributed by atoms with Crippen molar-refractivity contribution < 1.29 is 20.1 Å². The summed E-state index contributed by atoms with van der Waals surface area (Å²) >= 11 is 0. The molecule has 0 bridgehead atoms. The largest absolute Gasteiger partial charge is 0.304 e. The normalized spacial score (nSPS) is 11.0. The zero-order chi connectivity index (χ0) is 19.9. The summed E-state index contributed by atoms with van der Waals surface area (Å²) in [5.41, 5.74) is 4.32. The van der Waals surface area contributed by atoms with Crippen molar-refractivity contribution in [3.05, 3.63) is 115 Å². The van der Waals surface area contributed by atoms with E-state index in [9.17, 15) is 0 Å². The van der Waals surface area contributed by atoms with E-state index in [2.05, 4.69) is 103 Å². The molecule has 149 valence electrons. The van der Waals surface area contributed by atoms with Crippen LogP contribution >= 0.6 is 0 Å². The number of pyridine rings is 1. The molecule has 0 saturated heterocycles. The van der Waals surface area contributed by atoms with Crippen molar-refractivity contribution in [2.24, 2.45) is 0 Å². The zero-order valence-corrected chi connectivity index (χ0v) is 19.1. The second kappa shape index (κ2) is 8.07. The van der Waals surface area contributed by atoms with Gasteiger partial charge >= 0.3 is 0 Å². The summed E-state index contributed by atoms with van der Waals surface area (Å²) in [4.78, 5) is 4.81. The van der Waals surface area contributed by atoms with Crippen LogP contribution in [0, 0.1) is 6.07 Å². The molecule has 6 rings (SSSR count). The molecule has 31 heavy (non-hydrogen) atoms. The zero-order valence-electron chi connectivity index (χ0n) is 16.7. The first-order valence-corrected chi connectivity index (χ1v) is 10.2. The Morgan fingerprint density at radius 3 is 1.71 bits per heavy atom. The SMILES string of the molecule is [Ir].[c-]1cc(-c2ccccc2)ccc1-c1cc2c3ccccc3c3ccccc3c2cn1. The Bertz CT molecular complexity index is 1480. The maximum atomic E-state index is 4.81. The van der Waals surface area contributed by atoms with Crippen molar-refractivity contribution in [2.75, 3.05) is 0 Å². The first-order valence-electron chi connectivity index (χ1n) is 10.2. The van der Waals surface area contributed by atoms with E-state index >= 15 is 0 Å². The first-order chi connectivity index (χ1) is 14.9. The quantitative estimate of drug-likeness (QED) is 0.153. The Kier molecular flexibility index (Phi) is 5.11. The van der Waals surface area contributed by atoms with Crippen molar-refractivity contribution in [1.82, 2.24) is 4.98 Å². The van der Waals surface area contributed by atoms with Crippen molar-refractivity contribution in [1.29, 1.82) is 0 Å². The summed E-state index contributed by atoms with van der Waals surface area (Å²) in [6.07, 6.45) is 2.01. The number of rotatable bonds is 2. The molecule has 1 aromatic heterocycles. The summed E-state index contributed by atoms with van der Waals surface area (Å²) in [7, 11) is 0. The minimum absolute atomic E-state index is 0. The number of hydrogen-bond donors (Lipinski definition) is 0. The fourth-order valence-electron chi connectivity index (χ4n) is 4.34. The second-order valence-electron chi connectivity index (χ2n) is 7.56. The molecule has 0 atom stereocenters. The number of aromatic nitrogens is 1. The molecule has 0 aliphatic heterocycles. The van der Waals surface area contributed by atoms with Gasteiger partial charge in [-0.15, -0.1) is 29.8 Å². The summed E-state index contributed by atoms with van der Waals surface area (Å²) < 4.78 is 0. The molecule has 1 nitrogen and oxygen atoms in total. The molecule has 1 radical (unpaired) electrons. The van der Waals surface area contributed by atoms with Gasteiger partial charge < -0.3 is 4.98 Å². The number of nitrogens with zero attached hydrogens (tertiary/aromatic N) is 1. The van der Waals surface area contributed by atoms with Crippen molar-refractivity contribution >= 4 is 32.3 Å². The monoisotopic (exact) mass is 573 g/mol. The minimum atomic E-state index is 0. The van der Waals surface area contributed by atoms with E-state index in [0.717, 1.165) is 16.8 Å². The van der Waals surface area contributed by atoms with Crippen molar-refractivity contribution in [2.45, 2.75) is 0 Å². The third kappa shape index (κ3) is 3.35. The molecule has 0 saturated carbocycles. The molecule has 0 amide bonds. The van der Waals surface area contributed by atoms with Crippen LogP contribution in [0.5, 0.6) is 0 Å². The summed E-state index contributed by atoms with van der Waals surface area (Å²) in [6.45, 7) is 0. The Morgan fingerprint density at radius 1 is 0.516 bits per heavy atom. The average molecular weight is 573 g/mol. The predicted octanol–water partition coefficient (Wildman–Crippen LogP) is 7.67. The molecule has 0 aliphatic rings. The maximum absolute atomic E-state index is 4.81. The standard InChI is InChI=1S/C29H18N.Ir/c1-2-8-20(9-3-1)21-14-16-22(17-15-21)29-18-27-25-12-6-4-10-23(25)24-11-5-7-13-26(24)28(27)19-30-29;/h1-16,18-19H;/q-1;. The van der Waals surface area contributed by atoms with Gasteiger partial charge in [-0.3, -0.25) is 0 Å². The topological polar surface area (TPSA) is 12.9 Å². The molecular weight excluding hydrogens is 555 g/mol.